The molecule has 38 heavy (non-hydrogen) atoms. The van der Waals surface area contributed by atoms with Crippen LogP contribution in [0.25, 0.3) is 0 Å². The molecule has 10 nitrogen and oxygen atoms in total. The molecule has 1 aliphatic heterocycles. The number of aromatic nitrogens is 2. The van der Waals surface area contributed by atoms with Gasteiger partial charge in [0.1, 0.15) is 22.1 Å². The highest BCUT2D eigenvalue weighted by Crippen LogP contribution is 2.48. The molecule has 1 aliphatic rings. The lowest BCUT2D eigenvalue weighted by atomic mass is 9.85. The monoisotopic (exact) mass is 559 g/mol. The van der Waals surface area contributed by atoms with E-state index in [0.717, 1.165) is 6.41 Å². The number of halogens is 1. The zero-order valence-electron chi connectivity index (χ0n) is 21.6. The number of amides is 1. The number of carbonyl (C=O) groups excluding carboxylic acids is 1. The molecular formula is C26H30ClN5O5S. The molecule has 1 fully saturated rings. The Kier molecular flexibility index (Phi) is 7.98. The van der Waals surface area contributed by atoms with Crippen LogP contribution in [0.4, 0.5) is 11.5 Å². The molecule has 1 N–H and O–H groups in total. The molecule has 0 aliphatic carbocycles. The molecule has 0 saturated carbocycles. The predicted octanol–water partition coefficient (Wildman–Crippen LogP) is 4.31. The van der Waals surface area contributed by atoms with E-state index in [1.807, 2.05) is 37.8 Å². The first-order valence-corrected chi connectivity index (χ1v) is 13.8. The minimum Gasteiger partial charge on any atom is -0.493 e. The van der Waals surface area contributed by atoms with E-state index in [1.165, 1.54) is 25.7 Å². The first-order chi connectivity index (χ1) is 18.0. The van der Waals surface area contributed by atoms with Gasteiger partial charge in [-0.3, -0.25) is 9.52 Å². The Morgan fingerprint density at radius 2 is 1.76 bits per heavy atom. The third kappa shape index (κ3) is 5.78. The molecule has 2 aromatic carbocycles. The molecule has 0 atom stereocenters. The highest BCUT2D eigenvalue weighted by Gasteiger charge is 2.34. The summed E-state index contributed by atoms with van der Waals surface area (Å²) >= 11 is 6.99. The van der Waals surface area contributed by atoms with Gasteiger partial charge in [-0.2, -0.15) is 0 Å². The van der Waals surface area contributed by atoms with Gasteiger partial charge in [0.15, 0.2) is 17.2 Å². The second-order valence-corrected chi connectivity index (χ2v) is 11.7. The summed E-state index contributed by atoms with van der Waals surface area (Å²) in [6.45, 7) is 7.75. The zero-order valence-corrected chi connectivity index (χ0v) is 23.2. The third-order valence-electron chi connectivity index (χ3n) is 6.14. The van der Waals surface area contributed by atoms with Crippen molar-refractivity contribution >= 4 is 39.5 Å². The van der Waals surface area contributed by atoms with Crippen molar-refractivity contribution in [3.05, 3.63) is 59.5 Å². The Hall–Kier alpha value is -3.57. The normalized spacial score (nSPS) is 14.2. The van der Waals surface area contributed by atoms with E-state index in [0.29, 0.717) is 48.9 Å². The molecule has 0 bridgehead atoms. The molecule has 1 saturated heterocycles. The number of carbonyl (C=O) groups is 1. The maximum Gasteiger partial charge on any atom is 0.266 e. The SMILES string of the molecule is COc1ccccc1Oc1c(C(C)(C)C)cc(N2CCN(C=O)CC2)c(S(=O)(=O)Nc2ccncn2)c1Cl. The maximum atomic E-state index is 13.9. The van der Waals surface area contributed by atoms with Gasteiger partial charge in [-0.15, -0.1) is 0 Å². The van der Waals surface area contributed by atoms with E-state index in [2.05, 4.69) is 14.7 Å². The summed E-state index contributed by atoms with van der Waals surface area (Å²) < 4.78 is 42.0. The van der Waals surface area contributed by atoms with Crippen molar-refractivity contribution in [3.8, 4) is 17.2 Å². The summed E-state index contributed by atoms with van der Waals surface area (Å²) in [5, 5.41) is -0.0716. The lowest BCUT2D eigenvalue weighted by molar-refractivity contribution is -0.118. The van der Waals surface area contributed by atoms with Crippen molar-refractivity contribution in [2.45, 2.75) is 31.1 Å². The van der Waals surface area contributed by atoms with Gasteiger partial charge in [0.2, 0.25) is 6.41 Å². The Balaban J connectivity index is 1.94. The van der Waals surface area contributed by atoms with Gasteiger partial charge in [0, 0.05) is 37.9 Å². The highest BCUT2D eigenvalue weighted by molar-refractivity contribution is 7.93. The van der Waals surface area contributed by atoms with Crippen molar-refractivity contribution in [1.29, 1.82) is 0 Å². The van der Waals surface area contributed by atoms with Crippen LogP contribution in [0.3, 0.4) is 0 Å². The highest BCUT2D eigenvalue weighted by atomic mass is 35.5. The van der Waals surface area contributed by atoms with Gasteiger partial charge in [-0.1, -0.05) is 44.5 Å². The van der Waals surface area contributed by atoms with E-state index >= 15 is 0 Å². The number of nitrogens with one attached hydrogen (secondary N) is 1. The fraction of sp³-hybridized carbons (Fsp3) is 0.346. The van der Waals surface area contributed by atoms with Crippen LogP contribution in [0.15, 0.2) is 53.8 Å². The van der Waals surface area contributed by atoms with Crippen LogP contribution in [0, 0.1) is 0 Å². The van der Waals surface area contributed by atoms with E-state index < -0.39 is 15.4 Å². The Morgan fingerprint density at radius 3 is 2.34 bits per heavy atom. The average Bonchev–Trinajstić information content (AvgIpc) is 2.89. The smallest absolute Gasteiger partial charge is 0.266 e. The first-order valence-electron chi connectivity index (χ1n) is 12.0. The van der Waals surface area contributed by atoms with Crippen molar-refractivity contribution in [1.82, 2.24) is 14.9 Å². The molecule has 0 spiro atoms. The summed E-state index contributed by atoms with van der Waals surface area (Å²) in [7, 11) is -2.72. The van der Waals surface area contributed by atoms with Gasteiger partial charge in [-0.05, 0) is 29.7 Å². The van der Waals surface area contributed by atoms with Crippen LogP contribution in [-0.4, -0.2) is 63.0 Å². The van der Waals surface area contributed by atoms with Gasteiger partial charge in [-0.25, -0.2) is 18.4 Å². The van der Waals surface area contributed by atoms with Crippen LogP contribution >= 0.6 is 11.6 Å². The minimum atomic E-state index is -4.24. The second-order valence-electron chi connectivity index (χ2n) is 9.75. The molecule has 12 heteroatoms. The number of rotatable bonds is 8. The fourth-order valence-corrected chi connectivity index (χ4v) is 6.00. The summed E-state index contributed by atoms with van der Waals surface area (Å²) in [6, 6.07) is 10.3. The number of benzene rings is 2. The number of hydrogen-bond donors (Lipinski definition) is 1. The largest absolute Gasteiger partial charge is 0.493 e. The standard InChI is InChI=1S/C26H30ClN5O5S/c1-26(2,3)18-15-19(32-13-11-31(17-33)12-14-32)25(38(34,35)30-22-9-10-28-16-29-22)23(27)24(18)37-21-8-6-5-7-20(21)36-4/h5-10,15-17H,11-14H2,1-4H3,(H,28,29,30). The van der Waals surface area contributed by atoms with Crippen molar-refractivity contribution in [2.24, 2.45) is 0 Å². The van der Waals surface area contributed by atoms with Crippen molar-refractivity contribution in [2.75, 3.05) is 42.9 Å². The topological polar surface area (TPSA) is 114 Å². The lowest BCUT2D eigenvalue weighted by Gasteiger charge is -2.36. The molecule has 4 rings (SSSR count). The Labute approximate surface area is 227 Å². The van der Waals surface area contributed by atoms with Gasteiger partial charge in [0.05, 0.1) is 12.8 Å². The van der Waals surface area contributed by atoms with E-state index in [9.17, 15) is 13.2 Å². The van der Waals surface area contributed by atoms with Crippen LogP contribution in [-0.2, 0) is 20.2 Å². The number of nitrogens with zero attached hydrogens (tertiary/aromatic N) is 4. The van der Waals surface area contributed by atoms with Crippen molar-refractivity contribution in [3.63, 3.8) is 0 Å². The molecular weight excluding hydrogens is 530 g/mol. The molecule has 1 amide bonds. The number of hydrogen-bond acceptors (Lipinski definition) is 8. The average molecular weight is 560 g/mol. The number of anilines is 2. The zero-order chi connectivity index (χ0) is 27.5. The summed E-state index contributed by atoms with van der Waals surface area (Å²) in [5.74, 6) is 1.17. The first kappa shape index (κ1) is 27.5. The van der Waals surface area contributed by atoms with Crippen molar-refractivity contribution < 1.29 is 22.7 Å². The summed E-state index contributed by atoms with van der Waals surface area (Å²) in [4.78, 5) is 22.6. The quantitative estimate of drug-likeness (QED) is 0.406. The number of para-hydroxylation sites is 2. The number of sulfonamides is 1. The van der Waals surface area contributed by atoms with Gasteiger partial charge >= 0.3 is 0 Å². The van der Waals surface area contributed by atoms with E-state index in [4.69, 9.17) is 21.1 Å². The van der Waals surface area contributed by atoms with E-state index in [1.54, 1.807) is 23.1 Å². The third-order valence-corrected chi connectivity index (χ3v) is 8.04. The maximum absolute atomic E-state index is 13.9. The molecule has 1 aromatic heterocycles. The molecule has 202 valence electrons. The van der Waals surface area contributed by atoms with Crippen LogP contribution < -0.4 is 19.1 Å². The molecule has 0 unspecified atom stereocenters. The Bertz CT molecular complexity index is 1410. The van der Waals surface area contributed by atoms with Crippen LogP contribution in [0.5, 0.6) is 17.2 Å². The summed E-state index contributed by atoms with van der Waals surface area (Å²) in [6.07, 6.45) is 3.48. The van der Waals surface area contributed by atoms with Crippen LogP contribution in [0.2, 0.25) is 5.02 Å². The number of ether oxygens (including phenoxy) is 2. The lowest BCUT2D eigenvalue weighted by Crippen LogP contribution is -2.46. The molecule has 2 heterocycles. The van der Waals surface area contributed by atoms with Gasteiger partial charge < -0.3 is 19.3 Å². The number of piperazine rings is 1. The molecule has 0 radical (unpaired) electrons. The molecule has 3 aromatic rings. The fourth-order valence-electron chi connectivity index (χ4n) is 4.17. The van der Waals surface area contributed by atoms with E-state index in [-0.39, 0.29) is 21.5 Å². The number of methoxy groups -OCH3 is 1. The minimum absolute atomic E-state index is 0.0716. The summed E-state index contributed by atoms with van der Waals surface area (Å²) in [5.41, 5.74) is 0.657. The Morgan fingerprint density at radius 1 is 1.08 bits per heavy atom. The second kappa shape index (κ2) is 11.0. The van der Waals surface area contributed by atoms with Crippen LogP contribution in [0.1, 0.15) is 26.3 Å². The predicted molar refractivity (Wildman–Crippen MR) is 146 cm³/mol. The van der Waals surface area contributed by atoms with Gasteiger partial charge in [0.25, 0.3) is 10.0 Å².